The minimum absolute atomic E-state index is 0.0919. The third-order valence-corrected chi connectivity index (χ3v) is 4.67. The van der Waals surface area contributed by atoms with E-state index in [9.17, 15) is 4.79 Å². The lowest BCUT2D eigenvalue weighted by Gasteiger charge is -2.26. The van der Waals surface area contributed by atoms with E-state index >= 15 is 0 Å². The summed E-state index contributed by atoms with van der Waals surface area (Å²) >= 11 is 3.44. The van der Waals surface area contributed by atoms with E-state index in [0.717, 1.165) is 55.0 Å². The number of nitrogens with one attached hydrogen (secondary N) is 1. The second-order valence-electron chi connectivity index (χ2n) is 5.95. The molecule has 0 aromatic heterocycles. The van der Waals surface area contributed by atoms with Gasteiger partial charge in [0.15, 0.2) is 0 Å². The summed E-state index contributed by atoms with van der Waals surface area (Å²) in [6.45, 7) is 5.19. The third-order valence-electron chi connectivity index (χ3n) is 4.17. The van der Waals surface area contributed by atoms with Crippen LogP contribution in [0.25, 0.3) is 0 Å². The van der Waals surface area contributed by atoms with Gasteiger partial charge >= 0.3 is 0 Å². The van der Waals surface area contributed by atoms with Crippen molar-refractivity contribution in [1.82, 2.24) is 10.2 Å². The first-order valence-corrected chi connectivity index (χ1v) is 9.08. The molecular weight excluding hydrogens is 374 g/mol. The summed E-state index contributed by atoms with van der Waals surface area (Å²) in [5.41, 5.74) is 1.79. The van der Waals surface area contributed by atoms with Gasteiger partial charge in [0.05, 0.1) is 18.9 Å². The fourth-order valence-corrected chi connectivity index (χ4v) is 3.21. The summed E-state index contributed by atoms with van der Waals surface area (Å²) in [6.07, 6.45) is 0.908. The predicted molar refractivity (Wildman–Crippen MR) is 95.1 cm³/mol. The van der Waals surface area contributed by atoms with Crippen molar-refractivity contribution >= 4 is 27.5 Å². The van der Waals surface area contributed by atoms with Gasteiger partial charge in [0.1, 0.15) is 0 Å². The van der Waals surface area contributed by atoms with Crippen LogP contribution in [0.4, 0.5) is 0 Å². The minimum Gasteiger partial charge on any atom is -0.382 e. The quantitative estimate of drug-likeness (QED) is 0.745. The van der Waals surface area contributed by atoms with Gasteiger partial charge in [-0.2, -0.15) is 0 Å². The van der Waals surface area contributed by atoms with Crippen LogP contribution in [-0.4, -0.2) is 62.0 Å². The number of benzene rings is 1. The number of rotatable bonds is 6. The average Bonchev–Trinajstić information content (AvgIpc) is 3.10. The second kappa shape index (κ2) is 8.60. The van der Waals surface area contributed by atoms with Gasteiger partial charge in [0.25, 0.3) is 5.91 Å². The summed E-state index contributed by atoms with van der Waals surface area (Å²) in [7, 11) is 0. The van der Waals surface area contributed by atoms with E-state index < -0.39 is 6.10 Å². The molecule has 1 N–H and O–H groups in total. The molecule has 1 saturated heterocycles. The fourth-order valence-electron chi connectivity index (χ4n) is 2.81. The van der Waals surface area contributed by atoms with E-state index in [2.05, 4.69) is 31.3 Å². The smallest absolute Gasteiger partial charge is 0.264 e. The van der Waals surface area contributed by atoms with Crippen molar-refractivity contribution in [1.29, 1.82) is 0 Å². The Morgan fingerprint density at radius 3 is 3.00 bits per heavy atom. The van der Waals surface area contributed by atoms with Crippen molar-refractivity contribution in [2.45, 2.75) is 18.9 Å². The molecular formula is C17H22BrN3O3. The highest BCUT2D eigenvalue weighted by Crippen LogP contribution is 2.19. The van der Waals surface area contributed by atoms with Gasteiger partial charge in [0, 0.05) is 36.1 Å². The van der Waals surface area contributed by atoms with Crippen LogP contribution in [0, 0.1) is 0 Å². The van der Waals surface area contributed by atoms with Crippen LogP contribution < -0.4 is 5.32 Å². The van der Waals surface area contributed by atoms with Gasteiger partial charge in [-0.1, -0.05) is 33.2 Å². The molecule has 1 aromatic carbocycles. The maximum Gasteiger partial charge on any atom is 0.264 e. The number of morpholine rings is 1. The lowest BCUT2D eigenvalue weighted by Crippen LogP contribution is -2.39. The Hall–Kier alpha value is -1.44. The standard InChI is InChI=1S/C17H22BrN3O3/c18-14-4-1-3-13(11-14)15-12-16(24-20-15)17(22)19-5-2-6-21-7-9-23-10-8-21/h1,3-4,11,16H,2,5-10,12H2,(H,19,22). The Morgan fingerprint density at radius 2 is 2.21 bits per heavy atom. The SMILES string of the molecule is O=C(NCCCN1CCOCC1)C1CC(c2cccc(Br)c2)=NO1. The van der Waals surface area contributed by atoms with Crippen LogP contribution in [0.5, 0.6) is 0 Å². The highest BCUT2D eigenvalue weighted by Gasteiger charge is 2.28. The largest absolute Gasteiger partial charge is 0.382 e. The molecule has 1 aromatic rings. The molecule has 0 aliphatic carbocycles. The lowest BCUT2D eigenvalue weighted by atomic mass is 10.0. The lowest BCUT2D eigenvalue weighted by molar-refractivity contribution is -0.131. The first-order valence-electron chi connectivity index (χ1n) is 8.29. The molecule has 0 bridgehead atoms. The Balaban J connectivity index is 1.37. The Labute approximate surface area is 150 Å². The second-order valence-corrected chi connectivity index (χ2v) is 6.86. The van der Waals surface area contributed by atoms with Gasteiger partial charge in [-0.3, -0.25) is 9.69 Å². The van der Waals surface area contributed by atoms with Gasteiger partial charge in [-0.05, 0) is 25.1 Å². The normalized spacial score (nSPS) is 21.2. The van der Waals surface area contributed by atoms with E-state index in [0.29, 0.717) is 13.0 Å². The summed E-state index contributed by atoms with van der Waals surface area (Å²) in [6, 6.07) is 7.85. The van der Waals surface area contributed by atoms with Crippen molar-refractivity contribution in [3.05, 3.63) is 34.3 Å². The molecule has 1 amide bonds. The zero-order valence-electron chi connectivity index (χ0n) is 13.5. The summed E-state index contributed by atoms with van der Waals surface area (Å²) in [5, 5.41) is 7.01. The Kier molecular flexibility index (Phi) is 6.23. The van der Waals surface area contributed by atoms with Crippen molar-refractivity contribution < 1.29 is 14.4 Å². The van der Waals surface area contributed by atoms with Crippen molar-refractivity contribution in [2.24, 2.45) is 5.16 Å². The van der Waals surface area contributed by atoms with Gasteiger partial charge < -0.3 is 14.9 Å². The molecule has 1 fully saturated rings. The first-order chi connectivity index (χ1) is 11.7. The molecule has 3 rings (SSSR count). The van der Waals surface area contributed by atoms with Gasteiger partial charge in [-0.15, -0.1) is 0 Å². The maximum atomic E-state index is 12.2. The number of hydrogen-bond donors (Lipinski definition) is 1. The van der Waals surface area contributed by atoms with Gasteiger partial charge in [-0.25, -0.2) is 0 Å². The predicted octanol–water partition coefficient (Wildman–Crippen LogP) is 1.78. The van der Waals surface area contributed by atoms with E-state index in [1.807, 2.05) is 24.3 Å². The molecule has 1 atom stereocenters. The van der Waals surface area contributed by atoms with Crippen LogP contribution >= 0.6 is 15.9 Å². The Morgan fingerprint density at radius 1 is 1.38 bits per heavy atom. The molecule has 0 radical (unpaired) electrons. The molecule has 1 unspecified atom stereocenters. The molecule has 2 aliphatic heterocycles. The number of halogens is 1. The molecule has 7 heteroatoms. The molecule has 24 heavy (non-hydrogen) atoms. The minimum atomic E-state index is -0.526. The van der Waals surface area contributed by atoms with Crippen molar-refractivity contribution in [3.63, 3.8) is 0 Å². The highest BCUT2D eigenvalue weighted by atomic mass is 79.9. The first kappa shape index (κ1) is 17.4. The third kappa shape index (κ3) is 4.78. The number of hydrogen-bond acceptors (Lipinski definition) is 5. The zero-order valence-corrected chi connectivity index (χ0v) is 15.1. The van der Waals surface area contributed by atoms with Crippen LogP contribution in [0.3, 0.4) is 0 Å². The summed E-state index contributed by atoms with van der Waals surface area (Å²) in [4.78, 5) is 19.8. The molecule has 2 heterocycles. The number of amides is 1. The van der Waals surface area contributed by atoms with Crippen LogP contribution in [-0.2, 0) is 14.4 Å². The monoisotopic (exact) mass is 395 g/mol. The maximum absolute atomic E-state index is 12.2. The number of oxime groups is 1. The van der Waals surface area contributed by atoms with E-state index in [1.54, 1.807) is 0 Å². The number of nitrogens with zero attached hydrogens (tertiary/aromatic N) is 2. The molecule has 2 aliphatic rings. The molecule has 0 saturated carbocycles. The number of carbonyl (C=O) groups is 1. The van der Waals surface area contributed by atoms with Crippen molar-refractivity contribution in [2.75, 3.05) is 39.4 Å². The van der Waals surface area contributed by atoms with Crippen LogP contribution in [0.15, 0.2) is 33.9 Å². The molecule has 6 nitrogen and oxygen atoms in total. The number of carbonyl (C=O) groups excluding carboxylic acids is 1. The van der Waals surface area contributed by atoms with E-state index in [-0.39, 0.29) is 5.91 Å². The fraction of sp³-hybridized carbons (Fsp3) is 0.529. The average molecular weight is 396 g/mol. The van der Waals surface area contributed by atoms with Crippen LogP contribution in [0.1, 0.15) is 18.4 Å². The van der Waals surface area contributed by atoms with E-state index in [4.69, 9.17) is 9.57 Å². The van der Waals surface area contributed by atoms with Gasteiger partial charge in [0.2, 0.25) is 6.10 Å². The topological polar surface area (TPSA) is 63.2 Å². The summed E-state index contributed by atoms with van der Waals surface area (Å²) in [5.74, 6) is -0.0919. The van der Waals surface area contributed by atoms with Crippen LogP contribution in [0.2, 0.25) is 0 Å². The van der Waals surface area contributed by atoms with E-state index in [1.165, 1.54) is 0 Å². The molecule has 130 valence electrons. The molecule has 0 spiro atoms. The number of ether oxygens (including phenoxy) is 1. The zero-order chi connectivity index (χ0) is 16.8. The van der Waals surface area contributed by atoms with Crippen molar-refractivity contribution in [3.8, 4) is 0 Å². The summed E-state index contributed by atoms with van der Waals surface area (Å²) < 4.78 is 6.31. The Bertz CT molecular complexity index is 602. The highest BCUT2D eigenvalue weighted by molar-refractivity contribution is 9.10.